The van der Waals surface area contributed by atoms with Gasteiger partial charge in [-0.3, -0.25) is 38.5 Å². The standard InChI is InChI=1S/C39H61N7O12/c1-4-5-6-7-11-16-33(51)46(38(56)29(23-49)44-35(53)27(21-47)41-32(50)20-40)31(19-25-13-9-8-10-14-25)36(54)42-26(18-24(2)3)34(52)43-28(22-48)37(55)45-17-12-15-30(45)39(57)58/h8-10,13-14,24,26-31,47-49H,4-7,11-12,15-23,40H2,1-3H3,(H,41,50)(H,42,54)(H,43,52)(H,44,53)(H,57,58)/t26-,27-,28-,29-,30-,31-/m0/s1. The highest BCUT2D eigenvalue weighted by Crippen LogP contribution is 2.20. The zero-order valence-corrected chi connectivity index (χ0v) is 33.6. The van der Waals surface area contributed by atoms with Crippen LogP contribution in [-0.2, 0) is 44.8 Å². The lowest BCUT2D eigenvalue weighted by atomic mass is 9.99. The van der Waals surface area contributed by atoms with Gasteiger partial charge >= 0.3 is 5.97 Å². The molecule has 1 saturated heterocycles. The minimum atomic E-state index is -1.84. The van der Waals surface area contributed by atoms with Crippen LogP contribution in [0.3, 0.4) is 0 Å². The van der Waals surface area contributed by atoms with Gasteiger partial charge in [0.05, 0.1) is 26.4 Å². The van der Waals surface area contributed by atoms with Crippen LogP contribution in [0.15, 0.2) is 30.3 Å². The van der Waals surface area contributed by atoms with Crippen molar-refractivity contribution in [3.8, 4) is 0 Å². The maximum absolute atomic E-state index is 14.5. The van der Waals surface area contributed by atoms with E-state index in [2.05, 4.69) is 21.3 Å². The Kier molecular flexibility index (Phi) is 21.5. The highest BCUT2D eigenvalue weighted by Gasteiger charge is 2.42. The molecule has 58 heavy (non-hydrogen) atoms. The number of rotatable bonds is 25. The summed E-state index contributed by atoms with van der Waals surface area (Å²) in [6, 6.07) is -0.784. The number of aliphatic carboxylic acids is 1. The molecule has 19 nitrogen and oxygen atoms in total. The fourth-order valence-electron chi connectivity index (χ4n) is 6.58. The van der Waals surface area contributed by atoms with Crippen LogP contribution in [0.4, 0.5) is 0 Å². The van der Waals surface area contributed by atoms with E-state index in [1.807, 2.05) is 6.92 Å². The van der Waals surface area contributed by atoms with E-state index >= 15 is 0 Å². The minimum absolute atomic E-state index is 0.00481. The molecule has 324 valence electrons. The van der Waals surface area contributed by atoms with Crippen molar-refractivity contribution in [1.82, 2.24) is 31.1 Å². The Hall–Kier alpha value is -4.98. The van der Waals surface area contributed by atoms with E-state index in [0.717, 1.165) is 24.2 Å². The van der Waals surface area contributed by atoms with Crippen molar-refractivity contribution in [2.45, 2.75) is 121 Å². The van der Waals surface area contributed by atoms with Crippen molar-refractivity contribution in [2.75, 3.05) is 32.9 Å². The van der Waals surface area contributed by atoms with Gasteiger partial charge in [0.15, 0.2) is 0 Å². The quantitative estimate of drug-likeness (QED) is 0.0499. The molecule has 10 N–H and O–H groups in total. The summed E-state index contributed by atoms with van der Waals surface area (Å²) in [7, 11) is 0. The average Bonchev–Trinajstić information content (AvgIpc) is 3.71. The molecule has 6 atom stereocenters. The molecular weight excluding hydrogens is 758 g/mol. The van der Waals surface area contributed by atoms with Crippen LogP contribution in [0.2, 0.25) is 0 Å². The molecule has 2 rings (SSSR count). The van der Waals surface area contributed by atoms with E-state index < -0.39 is 110 Å². The molecular formula is C39H61N7O12. The van der Waals surface area contributed by atoms with Crippen LogP contribution in [0.5, 0.6) is 0 Å². The Balaban J connectivity index is 2.56. The van der Waals surface area contributed by atoms with E-state index in [1.165, 1.54) is 0 Å². The van der Waals surface area contributed by atoms with E-state index in [4.69, 9.17) is 5.73 Å². The predicted octanol–water partition coefficient (Wildman–Crippen LogP) is -1.69. The van der Waals surface area contributed by atoms with Crippen LogP contribution in [0.25, 0.3) is 0 Å². The van der Waals surface area contributed by atoms with Crippen LogP contribution < -0.4 is 27.0 Å². The van der Waals surface area contributed by atoms with E-state index in [-0.39, 0.29) is 38.1 Å². The van der Waals surface area contributed by atoms with Crippen LogP contribution >= 0.6 is 0 Å². The third-order valence-electron chi connectivity index (χ3n) is 9.66. The highest BCUT2D eigenvalue weighted by molar-refractivity contribution is 6.04. The van der Waals surface area contributed by atoms with Crippen molar-refractivity contribution in [2.24, 2.45) is 11.7 Å². The van der Waals surface area contributed by atoms with Crippen molar-refractivity contribution in [1.29, 1.82) is 0 Å². The van der Waals surface area contributed by atoms with Gasteiger partial charge in [0.2, 0.25) is 35.4 Å². The lowest BCUT2D eigenvalue weighted by Crippen LogP contribution is -2.63. The van der Waals surface area contributed by atoms with Crippen LogP contribution in [-0.4, -0.2) is 147 Å². The maximum Gasteiger partial charge on any atom is 0.326 e. The fraction of sp³-hybridized carbons (Fsp3) is 0.641. The van der Waals surface area contributed by atoms with Gasteiger partial charge in [-0.05, 0) is 37.2 Å². The van der Waals surface area contributed by atoms with Crippen molar-refractivity contribution < 1.29 is 58.8 Å². The Morgan fingerprint density at radius 3 is 1.95 bits per heavy atom. The number of hydrogen-bond acceptors (Lipinski definition) is 12. The van der Waals surface area contributed by atoms with Crippen molar-refractivity contribution >= 4 is 47.3 Å². The Morgan fingerprint density at radius 2 is 1.38 bits per heavy atom. The summed E-state index contributed by atoms with van der Waals surface area (Å²) in [4.78, 5) is 109. The minimum Gasteiger partial charge on any atom is -0.480 e. The number of nitrogens with one attached hydrogen (secondary N) is 4. The number of nitrogens with zero attached hydrogens (tertiary/aromatic N) is 2. The summed E-state index contributed by atoms with van der Waals surface area (Å²) < 4.78 is 0. The summed E-state index contributed by atoms with van der Waals surface area (Å²) in [6.45, 7) is 2.29. The number of benzene rings is 1. The summed E-state index contributed by atoms with van der Waals surface area (Å²) in [5.41, 5.74) is 5.81. The first-order chi connectivity index (χ1) is 27.6. The molecule has 1 aromatic rings. The fourth-order valence-corrected chi connectivity index (χ4v) is 6.58. The number of aliphatic hydroxyl groups is 3. The van der Waals surface area contributed by atoms with Crippen molar-refractivity contribution in [3.05, 3.63) is 35.9 Å². The van der Waals surface area contributed by atoms with Gasteiger partial charge in [0, 0.05) is 19.4 Å². The maximum atomic E-state index is 14.5. The molecule has 1 fully saturated rings. The smallest absolute Gasteiger partial charge is 0.326 e. The second-order valence-corrected chi connectivity index (χ2v) is 14.7. The molecule has 1 aliphatic heterocycles. The predicted molar refractivity (Wildman–Crippen MR) is 209 cm³/mol. The SMILES string of the molecule is CCCCCCCC(=O)N(C(=O)[C@H](CO)NC(=O)[C@H](CO)NC(=O)CN)[C@@H](Cc1ccccc1)C(=O)N[C@@H](CC(C)C)C(=O)N[C@@H](CO)C(=O)N1CCC[C@H]1C(=O)O. The topological polar surface area (TPSA) is 298 Å². The summed E-state index contributed by atoms with van der Waals surface area (Å²) in [6.07, 6.45) is 3.73. The zero-order valence-electron chi connectivity index (χ0n) is 33.6. The first-order valence-electron chi connectivity index (χ1n) is 19.8. The number of hydrogen-bond donors (Lipinski definition) is 9. The number of imide groups is 1. The van der Waals surface area contributed by atoms with E-state index in [9.17, 15) is 58.8 Å². The Morgan fingerprint density at radius 1 is 0.793 bits per heavy atom. The normalized spacial score (nSPS) is 16.3. The zero-order chi connectivity index (χ0) is 43.4. The monoisotopic (exact) mass is 819 g/mol. The summed E-state index contributed by atoms with van der Waals surface area (Å²) in [5.74, 6) is -8.02. The van der Waals surface area contributed by atoms with Gasteiger partial charge < -0.3 is 52.3 Å². The van der Waals surface area contributed by atoms with Gasteiger partial charge in [-0.2, -0.15) is 0 Å². The first kappa shape index (κ1) is 49.2. The van der Waals surface area contributed by atoms with E-state index in [0.29, 0.717) is 29.7 Å². The second-order valence-electron chi connectivity index (χ2n) is 14.7. The number of amides is 7. The summed E-state index contributed by atoms with van der Waals surface area (Å²) in [5, 5.41) is 49.3. The molecule has 1 heterocycles. The molecule has 0 radical (unpaired) electrons. The Bertz CT molecular complexity index is 1550. The number of unbranched alkanes of at least 4 members (excludes halogenated alkanes) is 4. The average molecular weight is 820 g/mol. The Labute approximate surface area is 338 Å². The molecule has 7 amide bonds. The highest BCUT2D eigenvalue weighted by atomic mass is 16.4. The molecule has 1 aromatic carbocycles. The molecule has 1 aliphatic rings. The van der Waals surface area contributed by atoms with Crippen molar-refractivity contribution in [3.63, 3.8) is 0 Å². The largest absolute Gasteiger partial charge is 0.480 e. The molecule has 0 aliphatic carbocycles. The van der Waals surface area contributed by atoms with Gasteiger partial charge in [0.25, 0.3) is 5.91 Å². The van der Waals surface area contributed by atoms with Gasteiger partial charge in [0.1, 0.15) is 36.3 Å². The third kappa shape index (κ3) is 15.1. The molecule has 0 bridgehead atoms. The first-order valence-corrected chi connectivity index (χ1v) is 19.8. The van der Waals surface area contributed by atoms with E-state index in [1.54, 1.807) is 44.2 Å². The third-order valence-corrected chi connectivity index (χ3v) is 9.66. The molecule has 0 aromatic heterocycles. The number of carboxylic acids is 1. The number of likely N-dealkylation sites (tertiary alicyclic amines) is 1. The van der Waals surface area contributed by atoms with Gasteiger partial charge in [-0.15, -0.1) is 0 Å². The molecule has 19 heteroatoms. The molecule has 0 spiro atoms. The van der Waals surface area contributed by atoms with Crippen LogP contribution in [0.1, 0.15) is 84.1 Å². The number of nitrogens with two attached hydrogens (primary N) is 1. The number of carboxylic acid groups (broad SMARTS) is 1. The van der Waals surface area contributed by atoms with Gasteiger partial charge in [-0.1, -0.05) is 76.8 Å². The molecule has 0 saturated carbocycles. The lowest BCUT2D eigenvalue weighted by Gasteiger charge is -2.34. The number of carbonyl (C=O) groups excluding carboxylic acids is 7. The lowest BCUT2D eigenvalue weighted by molar-refractivity contribution is -0.155. The van der Waals surface area contributed by atoms with Gasteiger partial charge in [-0.25, -0.2) is 4.79 Å². The number of carbonyl (C=O) groups is 8. The second kappa shape index (κ2) is 25.4. The summed E-state index contributed by atoms with van der Waals surface area (Å²) >= 11 is 0. The van der Waals surface area contributed by atoms with Crippen LogP contribution in [0, 0.1) is 5.92 Å². The number of aliphatic hydroxyl groups excluding tert-OH is 3. The molecule has 0 unspecified atom stereocenters.